The quantitative estimate of drug-likeness (QED) is 0.120. The summed E-state index contributed by atoms with van der Waals surface area (Å²) in [6.45, 7) is 32.0. The van der Waals surface area contributed by atoms with Gasteiger partial charge in [0.1, 0.15) is 23.3 Å². The molecule has 18 rings (SSSR count). The normalized spacial score (nSPS) is 28.0. The fourth-order valence-electron chi connectivity index (χ4n) is 24.6. The largest absolute Gasteiger partial charge is 0.205 e. The minimum Gasteiger partial charge on any atom is -0.205 e. The van der Waals surface area contributed by atoms with Crippen LogP contribution in [0.2, 0.25) is 20.1 Å². The van der Waals surface area contributed by atoms with Crippen molar-refractivity contribution in [3.05, 3.63) is 276 Å². The van der Waals surface area contributed by atoms with Gasteiger partial charge < -0.3 is 0 Å². The fourth-order valence-corrected chi connectivity index (χ4v) is 25.6. The molecule has 0 bridgehead atoms. The topological polar surface area (TPSA) is 0 Å². The number of rotatable bonds is 10. The van der Waals surface area contributed by atoms with Gasteiger partial charge in [-0.25, -0.2) is 52.7 Å². The highest BCUT2D eigenvalue weighted by Crippen LogP contribution is 2.51. The van der Waals surface area contributed by atoms with Crippen LogP contribution in [0.4, 0.5) is 52.7 Å². The molecule has 10 aliphatic rings. The number of aryl methyl sites for hydroxylation is 8. The summed E-state index contributed by atoms with van der Waals surface area (Å²) >= 11 is 24.1. The second kappa shape index (κ2) is 54.7. The highest BCUT2D eigenvalue weighted by atomic mass is 35.5. The molecule has 140 heavy (non-hydrogen) atoms. The lowest BCUT2D eigenvalue weighted by Crippen LogP contribution is -2.25. The monoisotopic (exact) mass is 2020 g/mol. The second-order valence-electron chi connectivity index (χ2n) is 45.8. The third-order valence-corrected chi connectivity index (χ3v) is 36.8. The minimum absolute atomic E-state index is 0.193. The van der Waals surface area contributed by atoms with Gasteiger partial charge in [-0.1, -0.05) is 302 Å². The lowest BCUT2D eigenvalue weighted by atomic mass is 9.68. The van der Waals surface area contributed by atoms with E-state index >= 15 is 0 Å². The number of hydrogen-bond acceptors (Lipinski definition) is 0. The van der Waals surface area contributed by atoms with Crippen molar-refractivity contribution in [1.29, 1.82) is 0 Å². The molecule has 0 radical (unpaired) electrons. The van der Waals surface area contributed by atoms with Crippen molar-refractivity contribution < 1.29 is 52.7 Å². The van der Waals surface area contributed by atoms with Gasteiger partial charge in [0.05, 0.1) is 20.1 Å². The van der Waals surface area contributed by atoms with Gasteiger partial charge in [-0.2, -0.15) is 0 Å². The number of benzene rings is 8. The van der Waals surface area contributed by atoms with Gasteiger partial charge >= 0.3 is 0 Å². The highest BCUT2D eigenvalue weighted by Gasteiger charge is 2.37. The van der Waals surface area contributed by atoms with Crippen molar-refractivity contribution in [2.24, 2.45) is 71.0 Å². The Hall–Kier alpha value is -5.92. The van der Waals surface area contributed by atoms with E-state index in [0.29, 0.717) is 99.4 Å². The first-order valence-electron chi connectivity index (χ1n) is 54.2. The van der Waals surface area contributed by atoms with Crippen LogP contribution in [0.25, 0.3) is 0 Å². The molecule has 8 aromatic carbocycles. The molecular formula is C124H164Cl4F12. The Labute approximate surface area is 855 Å². The van der Waals surface area contributed by atoms with E-state index < -0.39 is 46.5 Å². The smallest absolute Gasteiger partial charge is 0.162 e. The van der Waals surface area contributed by atoms with Crippen LogP contribution in [0.5, 0.6) is 0 Å². The maximum absolute atomic E-state index is 14.2. The zero-order valence-electron chi connectivity index (χ0n) is 87.1. The first-order chi connectivity index (χ1) is 66.7. The van der Waals surface area contributed by atoms with E-state index in [-0.39, 0.29) is 46.9 Å². The number of halogens is 16. The summed E-state index contributed by atoms with van der Waals surface area (Å²) in [6.07, 6.45) is 47.0. The third kappa shape index (κ3) is 31.1. The summed E-state index contributed by atoms with van der Waals surface area (Å²) in [5.74, 6) is 6.44. The Morgan fingerprint density at radius 2 is 0.271 bits per heavy atom. The summed E-state index contributed by atoms with van der Waals surface area (Å²) < 4.78 is 166. The van der Waals surface area contributed by atoms with E-state index in [9.17, 15) is 52.7 Å². The van der Waals surface area contributed by atoms with Crippen LogP contribution < -0.4 is 0 Å². The average molecular weight is 2020 g/mol. The molecule has 0 nitrogen and oxygen atoms in total. The Morgan fingerprint density at radius 3 is 0.457 bits per heavy atom. The molecule has 0 spiro atoms. The summed E-state index contributed by atoms with van der Waals surface area (Å²) in [7, 11) is 0. The molecule has 0 aromatic heterocycles. The highest BCUT2D eigenvalue weighted by molar-refractivity contribution is 6.32. The van der Waals surface area contributed by atoms with Crippen LogP contribution in [-0.4, -0.2) is 0 Å². The zero-order valence-corrected chi connectivity index (χ0v) is 90.1. The van der Waals surface area contributed by atoms with Crippen LogP contribution in [0.15, 0.2) is 97.1 Å². The Morgan fingerprint density at radius 1 is 0.143 bits per heavy atom. The minimum atomic E-state index is -0.670. The van der Waals surface area contributed by atoms with Gasteiger partial charge in [-0.15, -0.1) is 0 Å². The lowest BCUT2D eigenvalue weighted by Gasteiger charge is -2.37. The van der Waals surface area contributed by atoms with E-state index in [1.807, 2.05) is 62.4 Å². The van der Waals surface area contributed by atoms with Crippen molar-refractivity contribution in [2.45, 2.75) is 415 Å². The van der Waals surface area contributed by atoms with Crippen LogP contribution in [0, 0.1) is 196 Å². The van der Waals surface area contributed by atoms with Gasteiger partial charge in [-0.3, -0.25) is 0 Å². The molecule has 0 atom stereocenters. The van der Waals surface area contributed by atoms with E-state index in [1.54, 1.807) is 90.1 Å². The third-order valence-electron chi connectivity index (χ3n) is 35.1. The maximum atomic E-state index is 14.2. The van der Waals surface area contributed by atoms with Gasteiger partial charge in [0.15, 0.2) is 46.5 Å². The summed E-state index contributed by atoms with van der Waals surface area (Å²) in [4.78, 5) is 0. The van der Waals surface area contributed by atoms with Gasteiger partial charge in [0.2, 0.25) is 0 Å². The molecule has 10 fully saturated rings. The van der Waals surface area contributed by atoms with Crippen molar-refractivity contribution in [2.75, 3.05) is 0 Å². The van der Waals surface area contributed by atoms with Crippen LogP contribution in [0.3, 0.4) is 0 Å². The molecule has 0 saturated heterocycles. The second-order valence-corrected chi connectivity index (χ2v) is 47.3. The standard InChI is InChI=1S/2C20H28F2.4C14H18ClF.2C14H18F2/c2*1-13-3-6-15(7-4-13)16-8-10-17(11-9-16)18-12-5-14(2)19(21)20(18)22;2*1-9-3-6-11(7-4-9)12-8-5-10(2)14(16)13(12)15;4*1-9-3-6-11(7-4-9)12-8-5-10(2)13(15)14(12)16/h2*5,12-13,15-17H,3-4,6-11H2,1-2H3;6*5,8-9,11H,3-4,6-7H2,1-2H3. The van der Waals surface area contributed by atoms with Crippen LogP contribution in [-0.2, 0) is 0 Å². The predicted molar refractivity (Wildman–Crippen MR) is 563 cm³/mol. The molecule has 0 unspecified atom stereocenters. The summed E-state index contributed by atoms with van der Waals surface area (Å²) in [5, 5.41) is 1.30. The van der Waals surface area contributed by atoms with Crippen LogP contribution in [0.1, 0.15) is 449 Å². The predicted octanol–water partition coefficient (Wildman–Crippen LogP) is 42.2. The maximum Gasteiger partial charge on any atom is 0.162 e. The fraction of sp³-hybridized carbons (Fsp3) is 0.613. The molecule has 0 heterocycles. The number of hydrogen-bond donors (Lipinski definition) is 0. The molecule has 16 heteroatoms. The van der Waals surface area contributed by atoms with Gasteiger partial charge in [-0.05, 0) is 417 Å². The molecule has 0 aliphatic heterocycles. The van der Waals surface area contributed by atoms with E-state index in [1.165, 1.54) is 128 Å². The molecule has 10 saturated carbocycles. The van der Waals surface area contributed by atoms with Crippen molar-refractivity contribution in [1.82, 2.24) is 0 Å². The zero-order chi connectivity index (χ0) is 102. The van der Waals surface area contributed by atoms with Gasteiger partial charge in [0, 0.05) is 0 Å². The van der Waals surface area contributed by atoms with Crippen molar-refractivity contribution in [3.8, 4) is 0 Å². The molecule has 8 aromatic rings. The molecule has 0 N–H and O–H groups in total. The summed E-state index contributed by atoms with van der Waals surface area (Å²) in [6, 6.07) is 29.3. The van der Waals surface area contributed by atoms with Crippen molar-refractivity contribution in [3.63, 3.8) is 0 Å². The van der Waals surface area contributed by atoms with E-state index in [0.717, 1.165) is 233 Å². The van der Waals surface area contributed by atoms with Crippen LogP contribution >= 0.6 is 46.4 Å². The van der Waals surface area contributed by atoms with E-state index in [2.05, 4.69) is 55.4 Å². The lowest BCUT2D eigenvalue weighted by molar-refractivity contribution is 0.164. The molecule has 0 amide bonds. The summed E-state index contributed by atoms with van der Waals surface area (Å²) in [5.41, 5.74) is 10.6. The molecular weight excluding hydrogens is 1860 g/mol. The Kier molecular flexibility index (Phi) is 44.7. The Balaban J connectivity index is 0.000000154. The molecule has 10 aliphatic carbocycles. The SMILES string of the molecule is Cc1ccc(C2CCC(C)CC2)c(Cl)c1F.Cc1ccc(C2CCC(C)CC2)c(Cl)c1F.Cc1ccc(C2CCC(C)CC2)c(F)c1Cl.Cc1ccc(C2CCC(C)CC2)c(F)c1Cl.Cc1ccc(C2CCC(C)CC2)c(F)c1F.Cc1ccc(C2CCC(C)CC2)c(F)c1F.Cc1ccc(C2CCC(C3CCC(C)CC3)CC2)c(F)c1F.Cc1ccc(C2CCC(C3CCC(C)CC3)CC2)c(F)c1F. The van der Waals surface area contributed by atoms with Crippen molar-refractivity contribution >= 4 is 46.4 Å². The van der Waals surface area contributed by atoms with E-state index in [4.69, 9.17) is 46.4 Å². The Bertz CT molecular complexity index is 4530. The van der Waals surface area contributed by atoms with Gasteiger partial charge in [0.25, 0.3) is 0 Å². The average Bonchev–Trinajstić information content (AvgIpc) is 0.793. The first kappa shape index (κ1) is 114. The first-order valence-corrected chi connectivity index (χ1v) is 55.7. The molecule has 772 valence electrons.